The summed E-state index contributed by atoms with van der Waals surface area (Å²) in [7, 11) is 1.61. The molecular weight excluding hydrogens is 320 g/mol. The number of nitrogens with zero attached hydrogens (tertiary/aromatic N) is 3. The van der Waals surface area contributed by atoms with Crippen molar-refractivity contribution in [2.45, 2.75) is 19.4 Å². The quantitative estimate of drug-likeness (QED) is 0.636. The highest BCUT2D eigenvalue weighted by Crippen LogP contribution is 2.24. The molecule has 0 unspecified atom stereocenters. The first-order valence-corrected chi connectivity index (χ1v) is 8.07. The smallest absolute Gasteiger partial charge is 0.226 e. The average Bonchev–Trinajstić information content (AvgIpc) is 3.31. The maximum atomic E-state index is 12.0. The van der Waals surface area contributed by atoms with Gasteiger partial charge in [0.2, 0.25) is 5.91 Å². The lowest BCUT2D eigenvalue weighted by Crippen LogP contribution is -2.26. The van der Waals surface area contributed by atoms with Gasteiger partial charge in [0.15, 0.2) is 5.76 Å². The average molecular weight is 340 g/mol. The molecule has 1 aromatic carbocycles. The number of hydrogen-bond acceptors (Lipinski definition) is 5. The maximum absolute atomic E-state index is 12.0. The van der Waals surface area contributed by atoms with Gasteiger partial charge in [-0.1, -0.05) is 17.3 Å². The molecule has 25 heavy (non-hydrogen) atoms. The van der Waals surface area contributed by atoms with Gasteiger partial charge in [0, 0.05) is 37.1 Å². The van der Waals surface area contributed by atoms with Gasteiger partial charge < -0.3 is 19.1 Å². The third-order valence-electron chi connectivity index (χ3n) is 3.73. The van der Waals surface area contributed by atoms with Gasteiger partial charge in [0.05, 0.1) is 25.6 Å². The monoisotopic (exact) mass is 340 g/mol. The Labute approximate surface area is 145 Å². The summed E-state index contributed by atoms with van der Waals surface area (Å²) in [5, 5.41) is 6.85. The lowest BCUT2D eigenvalue weighted by Gasteiger charge is -2.04. The van der Waals surface area contributed by atoms with E-state index >= 15 is 0 Å². The first-order chi connectivity index (χ1) is 12.2. The number of aryl methyl sites for hydroxylation is 1. The Kier molecular flexibility index (Phi) is 5.46. The van der Waals surface area contributed by atoms with Crippen molar-refractivity contribution in [2.24, 2.45) is 0 Å². The van der Waals surface area contributed by atoms with Crippen molar-refractivity contribution in [1.82, 2.24) is 20.0 Å². The number of aromatic nitrogens is 3. The van der Waals surface area contributed by atoms with Gasteiger partial charge in [-0.15, -0.1) is 0 Å². The molecule has 2 aromatic heterocycles. The molecule has 7 nitrogen and oxygen atoms in total. The Hall–Kier alpha value is -3.09. The van der Waals surface area contributed by atoms with Crippen LogP contribution in [-0.4, -0.2) is 34.3 Å². The molecule has 0 saturated carbocycles. The SMILES string of the molecule is COc1cccc(-c2cc(CC(=O)NCCCn3ccnc3)no2)c1. The predicted octanol–water partition coefficient (Wildman–Crippen LogP) is 2.30. The molecule has 0 atom stereocenters. The van der Waals surface area contributed by atoms with Crippen molar-refractivity contribution in [1.29, 1.82) is 0 Å². The van der Waals surface area contributed by atoms with E-state index in [9.17, 15) is 4.79 Å². The highest BCUT2D eigenvalue weighted by atomic mass is 16.5. The van der Waals surface area contributed by atoms with Crippen LogP contribution in [0, 0.1) is 0 Å². The minimum Gasteiger partial charge on any atom is -0.497 e. The number of hydrogen-bond donors (Lipinski definition) is 1. The summed E-state index contributed by atoms with van der Waals surface area (Å²) in [6.07, 6.45) is 6.44. The Morgan fingerprint density at radius 2 is 2.28 bits per heavy atom. The minimum absolute atomic E-state index is 0.0730. The van der Waals surface area contributed by atoms with Gasteiger partial charge in [0.25, 0.3) is 0 Å². The Bertz CT molecular complexity index is 811. The number of carbonyl (C=O) groups excluding carboxylic acids is 1. The molecule has 0 aliphatic rings. The molecule has 1 amide bonds. The zero-order chi connectivity index (χ0) is 17.5. The maximum Gasteiger partial charge on any atom is 0.226 e. The summed E-state index contributed by atoms with van der Waals surface area (Å²) in [4.78, 5) is 16.0. The van der Waals surface area contributed by atoms with Crippen LogP contribution in [-0.2, 0) is 17.8 Å². The van der Waals surface area contributed by atoms with Gasteiger partial charge in [-0.05, 0) is 18.6 Å². The highest BCUT2D eigenvalue weighted by molar-refractivity contribution is 5.78. The highest BCUT2D eigenvalue weighted by Gasteiger charge is 2.11. The lowest BCUT2D eigenvalue weighted by atomic mass is 10.1. The van der Waals surface area contributed by atoms with Crippen molar-refractivity contribution in [3.8, 4) is 17.1 Å². The first-order valence-electron chi connectivity index (χ1n) is 8.07. The van der Waals surface area contributed by atoms with Crippen molar-refractivity contribution in [3.05, 3.63) is 54.7 Å². The van der Waals surface area contributed by atoms with E-state index < -0.39 is 0 Å². The van der Waals surface area contributed by atoms with Crippen LogP contribution in [0.15, 0.2) is 53.6 Å². The molecule has 0 bridgehead atoms. The molecule has 3 rings (SSSR count). The predicted molar refractivity (Wildman–Crippen MR) is 92.0 cm³/mol. The molecule has 0 aliphatic carbocycles. The molecule has 0 radical (unpaired) electrons. The number of nitrogens with one attached hydrogen (secondary N) is 1. The van der Waals surface area contributed by atoms with Crippen LogP contribution in [0.1, 0.15) is 12.1 Å². The minimum atomic E-state index is -0.0730. The van der Waals surface area contributed by atoms with Gasteiger partial charge >= 0.3 is 0 Å². The van der Waals surface area contributed by atoms with E-state index in [4.69, 9.17) is 9.26 Å². The largest absolute Gasteiger partial charge is 0.497 e. The molecule has 130 valence electrons. The van der Waals surface area contributed by atoms with Gasteiger partial charge in [-0.2, -0.15) is 0 Å². The van der Waals surface area contributed by atoms with Crippen LogP contribution in [0.25, 0.3) is 11.3 Å². The molecule has 1 N–H and O–H groups in total. The number of methoxy groups -OCH3 is 1. The molecule has 0 saturated heterocycles. The third-order valence-corrected chi connectivity index (χ3v) is 3.73. The second kappa shape index (κ2) is 8.14. The summed E-state index contributed by atoms with van der Waals surface area (Å²) in [5.74, 6) is 1.28. The van der Waals surface area contributed by atoms with Crippen molar-refractivity contribution >= 4 is 5.91 Å². The fourth-order valence-electron chi connectivity index (χ4n) is 2.44. The number of carbonyl (C=O) groups is 1. The van der Waals surface area contributed by atoms with Gasteiger partial charge in [-0.3, -0.25) is 4.79 Å². The topological polar surface area (TPSA) is 82.2 Å². The Morgan fingerprint density at radius 3 is 3.08 bits per heavy atom. The fraction of sp³-hybridized carbons (Fsp3) is 0.278. The molecular formula is C18H20N4O3. The number of imidazole rings is 1. The Balaban J connectivity index is 1.48. The summed E-state index contributed by atoms with van der Waals surface area (Å²) in [6, 6.07) is 9.28. The van der Waals surface area contributed by atoms with Crippen LogP contribution in [0.4, 0.5) is 0 Å². The second-order valence-corrected chi connectivity index (χ2v) is 5.60. The van der Waals surface area contributed by atoms with E-state index in [1.54, 1.807) is 25.7 Å². The summed E-state index contributed by atoms with van der Waals surface area (Å²) < 4.78 is 12.5. The van der Waals surface area contributed by atoms with Crippen LogP contribution >= 0.6 is 0 Å². The van der Waals surface area contributed by atoms with E-state index in [-0.39, 0.29) is 12.3 Å². The zero-order valence-electron chi connectivity index (χ0n) is 14.0. The molecule has 7 heteroatoms. The zero-order valence-corrected chi connectivity index (χ0v) is 14.0. The van der Waals surface area contributed by atoms with Crippen molar-refractivity contribution in [3.63, 3.8) is 0 Å². The molecule has 3 aromatic rings. The van der Waals surface area contributed by atoms with E-state index in [0.717, 1.165) is 24.3 Å². The molecule has 0 aliphatic heterocycles. The van der Waals surface area contributed by atoms with E-state index in [1.807, 2.05) is 35.0 Å². The fourth-order valence-corrected chi connectivity index (χ4v) is 2.44. The van der Waals surface area contributed by atoms with Crippen molar-refractivity contribution in [2.75, 3.05) is 13.7 Å². The van der Waals surface area contributed by atoms with Crippen LogP contribution < -0.4 is 10.1 Å². The van der Waals surface area contributed by atoms with Crippen LogP contribution in [0.3, 0.4) is 0 Å². The second-order valence-electron chi connectivity index (χ2n) is 5.60. The van der Waals surface area contributed by atoms with Crippen LogP contribution in [0.2, 0.25) is 0 Å². The van der Waals surface area contributed by atoms with E-state index in [0.29, 0.717) is 18.0 Å². The first kappa shape index (κ1) is 16.8. The lowest BCUT2D eigenvalue weighted by molar-refractivity contribution is -0.120. The normalized spacial score (nSPS) is 10.6. The van der Waals surface area contributed by atoms with E-state index in [2.05, 4.69) is 15.5 Å². The van der Waals surface area contributed by atoms with E-state index in [1.165, 1.54) is 0 Å². The number of ether oxygens (including phenoxy) is 1. The standard InChI is InChI=1S/C18H20N4O3/c1-24-16-5-2-4-14(10-16)17-11-15(21-25-17)12-18(23)20-6-3-8-22-9-7-19-13-22/h2,4-5,7,9-11,13H,3,6,8,12H2,1H3,(H,20,23). The molecule has 0 fully saturated rings. The molecule has 0 spiro atoms. The van der Waals surface area contributed by atoms with Gasteiger partial charge in [-0.25, -0.2) is 4.98 Å². The summed E-state index contributed by atoms with van der Waals surface area (Å²) >= 11 is 0. The summed E-state index contributed by atoms with van der Waals surface area (Å²) in [5.41, 5.74) is 1.46. The Morgan fingerprint density at radius 1 is 1.36 bits per heavy atom. The van der Waals surface area contributed by atoms with Crippen LogP contribution in [0.5, 0.6) is 5.75 Å². The number of amides is 1. The number of rotatable bonds is 8. The molecule has 2 heterocycles. The van der Waals surface area contributed by atoms with Gasteiger partial charge in [0.1, 0.15) is 5.75 Å². The third kappa shape index (κ3) is 4.69. The summed E-state index contributed by atoms with van der Waals surface area (Å²) in [6.45, 7) is 1.43. The van der Waals surface area contributed by atoms with Crippen molar-refractivity contribution < 1.29 is 14.1 Å². The number of benzene rings is 1.